The minimum Gasteiger partial charge on any atom is -0.388 e. The Morgan fingerprint density at radius 3 is 2.21 bits per heavy atom. The van der Waals surface area contributed by atoms with Crippen LogP contribution >= 0.6 is 15.9 Å². The van der Waals surface area contributed by atoms with Gasteiger partial charge in [-0.3, -0.25) is 0 Å². The Labute approximate surface area is 122 Å². The minimum absolute atomic E-state index is 0.0485. The SMILES string of the molecule is CNC[C@H](c1ccccc1)[C@H](O)c1ccc(Br)cc1. The Bertz CT molecular complexity index is 498. The number of benzene rings is 2. The molecule has 2 nitrogen and oxygen atoms in total. The number of aliphatic hydroxyl groups excluding tert-OH is 1. The van der Waals surface area contributed by atoms with E-state index in [0.717, 1.165) is 22.1 Å². The van der Waals surface area contributed by atoms with Gasteiger partial charge in [-0.15, -0.1) is 0 Å². The zero-order chi connectivity index (χ0) is 13.7. The molecule has 0 fully saturated rings. The molecule has 0 aliphatic carbocycles. The van der Waals surface area contributed by atoms with Crippen molar-refractivity contribution in [1.29, 1.82) is 0 Å². The van der Waals surface area contributed by atoms with Crippen molar-refractivity contribution in [2.45, 2.75) is 12.0 Å². The highest BCUT2D eigenvalue weighted by atomic mass is 79.9. The van der Waals surface area contributed by atoms with Gasteiger partial charge in [-0.25, -0.2) is 0 Å². The van der Waals surface area contributed by atoms with Gasteiger partial charge < -0.3 is 10.4 Å². The first-order valence-electron chi connectivity index (χ1n) is 6.35. The molecule has 19 heavy (non-hydrogen) atoms. The smallest absolute Gasteiger partial charge is 0.0870 e. The van der Waals surface area contributed by atoms with Gasteiger partial charge in [0.15, 0.2) is 0 Å². The lowest BCUT2D eigenvalue weighted by Crippen LogP contribution is -2.23. The molecule has 0 bridgehead atoms. The molecule has 0 spiro atoms. The second kappa shape index (κ2) is 6.85. The predicted octanol–water partition coefficient (Wildman–Crippen LogP) is 3.49. The van der Waals surface area contributed by atoms with E-state index in [1.165, 1.54) is 0 Å². The van der Waals surface area contributed by atoms with E-state index >= 15 is 0 Å². The summed E-state index contributed by atoms with van der Waals surface area (Å²) in [5.74, 6) is 0.0485. The number of likely N-dealkylation sites (N-methyl/N-ethyl adjacent to an activating group) is 1. The molecule has 0 unspecified atom stereocenters. The number of hydrogen-bond donors (Lipinski definition) is 2. The Morgan fingerprint density at radius 2 is 1.63 bits per heavy atom. The van der Waals surface area contributed by atoms with E-state index in [9.17, 15) is 5.11 Å². The van der Waals surface area contributed by atoms with Crippen molar-refractivity contribution in [1.82, 2.24) is 5.32 Å². The third kappa shape index (κ3) is 3.66. The maximum Gasteiger partial charge on any atom is 0.0870 e. The number of hydrogen-bond acceptors (Lipinski definition) is 2. The molecule has 2 rings (SSSR count). The van der Waals surface area contributed by atoms with Crippen LogP contribution in [0.15, 0.2) is 59.1 Å². The summed E-state index contributed by atoms with van der Waals surface area (Å²) in [4.78, 5) is 0. The third-order valence-corrected chi connectivity index (χ3v) is 3.77. The fourth-order valence-corrected chi connectivity index (χ4v) is 2.49. The van der Waals surface area contributed by atoms with Crippen LogP contribution in [-0.2, 0) is 0 Å². The van der Waals surface area contributed by atoms with Crippen molar-refractivity contribution >= 4 is 15.9 Å². The van der Waals surface area contributed by atoms with Gasteiger partial charge in [-0.05, 0) is 30.3 Å². The van der Waals surface area contributed by atoms with E-state index in [2.05, 4.69) is 33.4 Å². The van der Waals surface area contributed by atoms with E-state index in [1.807, 2.05) is 49.5 Å². The van der Waals surface area contributed by atoms with E-state index in [-0.39, 0.29) is 5.92 Å². The molecule has 0 aliphatic heterocycles. The average molecular weight is 320 g/mol. The maximum absolute atomic E-state index is 10.6. The summed E-state index contributed by atoms with van der Waals surface area (Å²) < 4.78 is 1.02. The van der Waals surface area contributed by atoms with Crippen LogP contribution in [0.4, 0.5) is 0 Å². The van der Waals surface area contributed by atoms with Crippen molar-refractivity contribution in [3.8, 4) is 0 Å². The Balaban J connectivity index is 2.26. The average Bonchev–Trinajstić information content (AvgIpc) is 2.46. The first-order valence-corrected chi connectivity index (χ1v) is 7.14. The van der Waals surface area contributed by atoms with Crippen LogP contribution in [0.5, 0.6) is 0 Å². The molecular weight excluding hydrogens is 302 g/mol. The topological polar surface area (TPSA) is 32.3 Å². The van der Waals surface area contributed by atoms with Gasteiger partial charge in [0.1, 0.15) is 0 Å². The Kier molecular flexibility index (Phi) is 5.14. The molecule has 0 saturated heterocycles. The van der Waals surface area contributed by atoms with Crippen LogP contribution in [0, 0.1) is 0 Å². The third-order valence-electron chi connectivity index (χ3n) is 3.24. The molecule has 0 aliphatic rings. The fraction of sp³-hybridized carbons (Fsp3) is 0.250. The normalized spacial score (nSPS) is 14.1. The number of rotatable bonds is 5. The summed E-state index contributed by atoms with van der Waals surface area (Å²) in [6.07, 6.45) is -0.511. The summed E-state index contributed by atoms with van der Waals surface area (Å²) >= 11 is 3.41. The lowest BCUT2D eigenvalue weighted by Gasteiger charge is -2.23. The molecule has 0 aromatic heterocycles. The summed E-state index contributed by atoms with van der Waals surface area (Å²) in [6, 6.07) is 18.0. The van der Waals surface area contributed by atoms with Gasteiger partial charge >= 0.3 is 0 Å². The summed E-state index contributed by atoms with van der Waals surface area (Å²) in [6.45, 7) is 0.737. The van der Waals surface area contributed by atoms with Crippen LogP contribution in [0.25, 0.3) is 0 Å². The fourth-order valence-electron chi connectivity index (χ4n) is 2.22. The van der Waals surface area contributed by atoms with Crippen molar-refractivity contribution in [2.75, 3.05) is 13.6 Å². The van der Waals surface area contributed by atoms with E-state index in [4.69, 9.17) is 0 Å². The van der Waals surface area contributed by atoms with Crippen LogP contribution in [-0.4, -0.2) is 18.7 Å². The zero-order valence-electron chi connectivity index (χ0n) is 10.9. The number of aliphatic hydroxyl groups is 1. The van der Waals surface area contributed by atoms with Gasteiger partial charge in [0, 0.05) is 16.9 Å². The number of nitrogens with one attached hydrogen (secondary N) is 1. The summed E-state index contributed by atoms with van der Waals surface area (Å²) in [5, 5.41) is 13.8. The summed E-state index contributed by atoms with van der Waals surface area (Å²) in [5.41, 5.74) is 2.08. The molecule has 2 N–H and O–H groups in total. The molecule has 2 atom stereocenters. The second-order valence-corrected chi connectivity index (χ2v) is 5.49. The molecule has 0 saturated carbocycles. The highest BCUT2D eigenvalue weighted by Gasteiger charge is 2.21. The lowest BCUT2D eigenvalue weighted by molar-refractivity contribution is 0.144. The van der Waals surface area contributed by atoms with Gasteiger partial charge in [0.05, 0.1) is 6.10 Å². The molecule has 2 aromatic rings. The highest BCUT2D eigenvalue weighted by Crippen LogP contribution is 2.30. The second-order valence-electron chi connectivity index (χ2n) is 4.57. The summed E-state index contributed by atoms with van der Waals surface area (Å²) in [7, 11) is 1.91. The monoisotopic (exact) mass is 319 g/mol. The minimum atomic E-state index is -0.511. The van der Waals surface area contributed by atoms with Gasteiger partial charge in [-0.1, -0.05) is 58.4 Å². The van der Waals surface area contributed by atoms with E-state index in [0.29, 0.717) is 0 Å². The van der Waals surface area contributed by atoms with Crippen molar-refractivity contribution in [3.05, 3.63) is 70.2 Å². The largest absolute Gasteiger partial charge is 0.388 e. The molecule has 0 heterocycles. The molecular formula is C16H18BrNO. The Morgan fingerprint density at radius 1 is 1.00 bits per heavy atom. The molecule has 0 amide bonds. The quantitative estimate of drug-likeness (QED) is 0.884. The molecule has 0 radical (unpaired) electrons. The lowest BCUT2D eigenvalue weighted by atomic mass is 9.89. The van der Waals surface area contributed by atoms with Crippen LogP contribution in [0.1, 0.15) is 23.1 Å². The van der Waals surface area contributed by atoms with Crippen LogP contribution in [0.2, 0.25) is 0 Å². The zero-order valence-corrected chi connectivity index (χ0v) is 12.5. The predicted molar refractivity (Wildman–Crippen MR) is 82.2 cm³/mol. The van der Waals surface area contributed by atoms with Gasteiger partial charge in [0.25, 0.3) is 0 Å². The van der Waals surface area contributed by atoms with E-state index in [1.54, 1.807) is 0 Å². The van der Waals surface area contributed by atoms with Gasteiger partial charge in [-0.2, -0.15) is 0 Å². The van der Waals surface area contributed by atoms with E-state index < -0.39 is 6.10 Å². The van der Waals surface area contributed by atoms with Gasteiger partial charge in [0.2, 0.25) is 0 Å². The number of halogens is 1. The maximum atomic E-state index is 10.6. The Hall–Kier alpha value is -1.16. The van der Waals surface area contributed by atoms with Crippen molar-refractivity contribution in [3.63, 3.8) is 0 Å². The van der Waals surface area contributed by atoms with Crippen LogP contribution < -0.4 is 5.32 Å². The van der Waals surface area contributed by atoms with Crippen molar-refractivity contribution < 1.29 is 5.11 Å². The first kappa shape index (κ1) is 14.3. The first-order chi connectivity index (χ1) is 9.22. The molecule has 2 aromatic carbocycles. The van der Waals surface area contributed by atoms with Crippen LogP contribution in [0.3, 0.4) is 0 Å². The highest BCUT2D eigenvalue weighted by molar-refractivity contribution is 9.10. The molecule has 100 valence electrons. The van der Waals surface area contributed by atoms with Crippen molar-refractivity contribution in [2.24, 2.45) is 0 Å². The standard InChI is InChI=1S/C16H18BrNO/c1-18-11-15(12-5-3-2-4-6-12)16(19)13-7-9-14(17)10-8-13/h2-10,15-16,18-19H,11H2,1H3/t15-,16-/m1/s1. The molecule has 3 heteroatoms.